The number of piperazine rings is 1. The number of carbonyl (C=O) groups is 2. The highest BCUT2D eigenvalue weighted by atomic mass is 32.2. The van der Waals surface area contributed by atoms with Crippen LogP contribution in [0.1, 0.15) is 30.1 Å². The molecular weight excluding hydrogens is 396 g/mol. The zero-order valence-electron chi connectivity index (χ0n) is 17.4. The van der Waals surface area contributed by atoms with Gasteiger partial charge in [0.15, 0.2) is 0 Å². The van der Waals surface area contributed by atoms with E-state index >= 15 is 0 Å². The maximum Gasteiger partial charge on any atom is 0.255 e. The lowest BCUT2D eigenvalue weighted by Gasteiger charge is -2.37. The number of aromatic nitrogens is 1. The van der Waals surface area contributed by atoms with Gasteiger partial charge in [0.1, 0.15) is 0 Å². The average molecular weight is 425 g/mol. The van der Waals surface area contributed by atoms with Crippen LogP contribution in [-0.2, 0) is 4.79 Å². The highest BCUT2D eigenvalue weighted by molar-refractivity contribution is 8.00. The molecule has 0 saturated carbocycles. The first-order chi connectivity index (χ1) is 14.6. The molecule has 1 unspecified atom stereocenters. The molecule has 0 spiro atoms. The van der Waals surface area contributed by atoms with Crippen LogP contribution < -0.4 is 4.90 Å². The van der Waals surface area contributed by atoms with Crippen molar-refractivity contribution in [3.8, 4) is 0 Å². The fourth-order valence-corrected chi connectivity index (χ4v) is 4.86. The summed E-state index contributed by atoms with van der Waals surface area (Å²) in [5.74, 6) is 0.198. The number of para-hydroxylation sites is 1. The van der Waals surface area contributed by atoms with E-state index in [1.54, 1.807) is 6.20 Å². The Balaban J connectivity index is 1.29. The van der Waals surface area contributed by atoms with E-state index in [9.17, 15) is 9.59 Å². The van der Waals surface area contributed by atoms with Gasteiger partial charge in [0.25, 0.3) is 5.91 Å². The standard InChI is InChI=1S/C23H28N4O2S/c1-18(22(28)27-15-13-25(14-16-27)20-7-3-2-4-8-20)30-21-10-9-19(17-24-21)23(29)26-11-5-6-12-26/h2-4,7-10,17-18H,5-6,11-16H2,1H3. The van der Waals surface area contributed by atoms with Crippen LogP contribution in [0.3, 0.4) is 0 Å². The molecule has 0 aliphatic carbocycles. The average Bonchev–Trinajstić information content (AvgIpc) is 3.34. The van der Waals surface area contributed by atoms with Gasteiger partial charge in [-0.3, -0.25) is 9.59 Å². The van der Waals surface area contributed by atoms with E-state index in [0.717, 1.165) is 57.1 Å². The van der Waals surface area contributed by atoms with Gasteiger partial charge < -0.3 is 14.7 Å². The smallest absolute Gasteiger partial charge is 0.255 e. The van der Waals surface area contributed by atoms with Crippen LogP contribution in [0.5, 0.6) is 0 Å². The fraction of sp³-hybridized carbons (Fsp3) is 0.435. The third-order valence-electron chi connectivity index (χ3n) is 5.73. The topological polar surface area (TPSA) is 56.8 Å². The highest BCUT2D eigenvalue weighted by Crippen LogP contribution is 2.24. The summed E-state index contributed by atoms with van der Waals surface area (Å²) in [6, 6.07) is 14.0. The summed E-state index contributed by atoms with van der Waals surface area (Å²) in [7, 11) is 0. The molecule has 0 N–H and O–H groups in total. The van der Waals surface area contributed by atoms with Crippen molar-refractivity contribution in [3.05, 3.63) is 54.2 Å². The summed E-state index contributed by atoms with van der Waals surface area (Å²) in [5, 5.41) is 0.567. The van der Waals surface area contributed by atoms with Gasteiger partial charge in [-0.25, -0.2) is 4.98 Å². The number of likely N-dealkylation sites (tertiary alicyclic amines) is 1. The van der Waals surface area contributed by atoms with E-state index < -0.39 is 0 Å². The number of carbonyl (C=O) groups excluding carboxylic acids is 2. The van der Waals surface area contributed by atoms with E-state index in [1.807, 2.05) is 47.1 Å². The van der Waals surface area contributed by atoms with Crippen LogP contribution in [0.2, 0.25) is 0 Å². The fourth-order valence-electron chi connectivity index (χ4n) is 3.99. The lowest BCUT2D eigenvalue weighted by atomic mass is 10.2. The molecule has 0 bridgehead atoms. The van der Waals surface area contributed by atoms with Gasteiger partial charge in [-0.05, 0) is 44.0 Å². The van der Waals surface area contributed by atoms with E-state index in [1.165, 1.54) is 17.4 Å². The number of hydrogen-bond acceptors (Lipinski definition) is 5. The number of anilines is 1. The maximum absolute atomic E-state index is 12.9. The van der Waals surface area contributed by atoms with Crippen molar-refractivity contribution in [2.24, 2.45) is 0 Å². The predicted octanol–water partition coefficient (Wildman–Crippen LogP) is 3.15. The summed E-state index contributed by atoms with van der Waals surface area (Å²) in [4.78, 5) is 35.9. The van der Waals surface area contributed by atoms with Gasteiger partial charge >= 0.3 is 0 Å². The Morgan fingerprint density at radius 1 is 0.900 bits per heavy atom. The molecule has 1 atom stereocenters. The number of hydrogen-bond donors (Lipinski definition) is 0. The molecule has 3 heterocycles. The van der Waals surface area contributed by atoms with Crippen molar-refractivity contribution in [2.45, 2.75) is 30.0 Å². The molecule has 0 radical (unpaired) electrons. The molecule has 1 aromatic heterocycles. The Bertz CT molecular complexity index is 861. The predicted molar refractivity (Wildman–Crippen MR) is 120 cm³/mol. The molecule has 4 rings (SSSR count). The van der Waals surface area contributed by atoms with Gasteiger partial charge in [-0.2, -0.15) is 0 Å². The van der Waals surface area contributed by atoms with Gasteiger partial charge in [-0.1, -0.05) is 30.0 Å². The maximum atomic E-state index is 12.9. The van der Waals surface area contributed by atoms with Gasteiger partial charge in [0.05, 0.1) is 15.8 Å². The first-order valence-electron chi connectivity index (χ1n) is 10.6. The minimum Gasteiger partial charge on any atom is -0.368 e. The highest BCUT2D eigenvalue weighted by Gasteiger charge is 2.26. The van der Waals surface area contributed by atoms with Crippen LogP contribution in [0.4, 0.5) is 5.69 Å². The molecule has 2 saturated heterocycles. The monoisotopic (exact) mass is 424 g/mol. The SMILES string of the molecule is CC(Sc1ccc(C(=O)N2CCCC2)cn1)C(=O)N1CCN(c2ccccc2)CC1. The lowest BCUT2D eigenvalue weighted by Crippen LogP contribution is -2.50. The Hall–Kier alpha value is -2.54. The Morgan fingerprint density at radius 2 is 1.60 bits per heavy atom. The summed E-state index contributed by atoms with van der Waals surface area (Å²) < 4.78 is 0. The molecule has 2 aliphatic heterocycles. The van der Waals surface area contributed by atoms with Gasteiger partial charge in [-0.15, -0.1) is 0 Å². The third-order valence-corrected chi connectivity index (χ3v) is 6.77. The second kappa shape index (κ2) is 9.51. The number of rotatable bonds is 5. The number of thioether (sulfide) groups is 1. The van der Waals surface area contributed by atoms with Crippen molar-refractivity contribution in [2.75, 3.05) is 44.2 Å². The molecule has 158 valence electrons. The van der Waals surface area contributed by atoms with Crippen LogP contribution in [0, 0.1) is 0 Å². The quantitative estimate of drug-likeness (QED) is 0.690. The Labute approximate surface area is 182 Å². The van der Waals surface area contributed by atoms with Crippen molar-refractivity contribution in [3.63, 3.8) is 0 Å². The second-order valence-electron chi connectivity index (χ2n) is 7.79. The zero-order chi connectivity index (χ0) is 20.9. The largest absolute Gasteiger partial charge is 0.368 e. The van der Waals surface area contributed by atoms with Crippen molar-refractivity contribution in [1.82, 2.24) is 14.8 Å². The molecule has 7 heteroatoms. The second-order valence-corrected chi connectivity index (χ2v) is 9.15. The first kappa shape index (κ1) is 20.7. The van der Waals surface area contributed by atoms with E-state index in [0.29, 0.717) is 5.56 Å². The zero-order valence-corrected chi connectivity index (χ0v) is 18.2. The lowest BCUT2D eigenvalue weighted by molar-refractivity contribution is -0.130. The summed E-state index contributed by atoms with van der Waals surface area (Å²) >= 11 is 1.45. The minimum absolute atomic E-state index is 0.0527. The normalized spacial score (nSPS) is 17.8. The van der Waals surface area contributed by atoms with E-state index in [2.05, 4.69) is 22.0 Å². The van der Waals surface area contributed by atoms with Crippen molar-refractivity contribution in [1.29, 1.82) is 0 Å². The van der Waals surface area contributed by atoms with Crippen molar-refractivity contribution >= 4 is 29.3 Å². The first-order valence-corrected chi connectivity index (χ1v) is 11.5. The molecule has 30 heavy (non-hydrogen) atoms. The van der Waals surface area contributed by atoms with Crippen LogP contribution >= 0.6 is 11.8 Å². The molecular formula is C23H28N4O2S. The van der Waals surface area contributed by atoms with Crippen LogP contribution in [-0.4, -0.2) is 71.1 Å². The third kappa shape index (κ3) is 4.78. The number of nitrogens with zero attached hydrogens (tertiary/aromatic N) is 4. The van der Waals surface area contributed by atoms with Gasteiger partial charge in [0, 0.05) is 51.2 Å². The van der Waals surface area contributed by atoms with Crippen LogP contribution in [0.25, 0.3) is 0 Å². The Morgan fingerprint density at radius 3 is 2.23 bits per heavy atom. The molecule has 2 aromatic rings. The molecule has 6 nitrogen and oxygen atoms in total. The Kier molecular flexibility index (Phi) is 6.57. The van der Waals surface area contributed by atoms with Gasteiger partial charge in [0.2, 0.25) is 5.91 Å². The molecule has 1 aromatic carbocycles. The van der Waals surface area contributed by atoms with Crippen molar-refractivity contribution < 1.29 is 9.59 Å². The molecule has 2 amide bonds. The molecule has 2 aliphatic rings. The number of amides is 2. The molecule has 2 fully saturated rings. The minimum atomic E-state index is -0.207. The van der Waals surface area contributed by atoms with E-state index in [4.69, 9.17) is 0 Å². The number of benzene rings is 1. The van der Waals surface area contributed by atoms with Crippen LogP contribution in [0.15, 0.2) is 53.7 Å². The van der Waals surface area contributed by atoms with E-state index in [-0.39, 0.29) is 17.1 Å². The summed E-state index contributed by atoms with van der Waals surface area (Å²) in [5.41, 5.74) is 1.83. The summed E-state index contributed by atoms with van der Waals surface area (Å²) in [6.07, 6.45) is 3.79. The summed E-state index contributed by atoms with van der Waals surface area (Å²) in [6.45, 7) is 6.75. The number of pyridine rings is 1.